The number of hydrogen-bond donors (Lipinski definition) is 0. The first kappa shape index (κ1) is 13.4. The van der Waals surface area contributed by atoms with Crippen molar-refractivity contribution in [2.75, 3.05) is 7.11 Å². The van der Waals surface area contributed by atoms with E-state index >= 15 is 0 Å². The topological polar surface area (TPSA) is 26.3 Å². The molecule has 1 aromatic rings. The van der Waals surface area contributed by atoms with Crippen molar-refractivity contribution in [2.45, 2.75) is 6.42 Å². The predicted octanol–water partition coefficient (Wildman–Crippen LogP) is 3.11. The first-order chi connectivity index (χ1) is 7.45. The molecule has 0 aliphatic carbocycles. The number of methoxy groups -OCH3 is 1. The van der Waals surface area contributed by atoms with E-state index in [0.29, 0.717) is 5.56 Å². The summed E-state index contributed by atoms with van der Waals surface area (Å²) in [4.78, 5) is 11.1. The summed E-state index contributed by atoms with van der Waals surface area (Å²) in [6.45, 7) is 0. The summed E-state index contributed by atoms with van der Waals surface area (Å²) >= 11 is 16.0. The van der Waals surface area contributed by atoms with Gasteiger partial charge in [0.05, 0.1) is 13.5 Å². The van der Waals surface area contributed by atoms with Gasteiger partial charge in [0, 0.05) is 10.6 Å². The lowest BCUT2D eigenvalue weighted by atomic mass is 10.1. The number of thiocarbonyl (C=S) groups is 1. The molecule has 0 aliphatic heterocycles. The highest BCUT2D eigenvalue weighted by molar-refractivity contribution is 7.83. The van der Waals surface area contributed by atoms with Crippen LogP contribution in [-0.2, 0) is 16.0 Å². The highest BCUT2D eigenvalue weighted by Gasteiger charge is 2.13. The van der Waals surface area contributed by atoms with Crippen LogP contribution >= 0.6 is 35.4 Å². The Hall–Kier alpha value is -0.710. The minimum Gasteiger partial charge on any atom is -0.469 e. The summed E-state index contributed by atoms with van der Waals surface area (Å²) in [5, 5.41) is 0.138. The first-order valence-electron chi connectivity index (χ1n) is 4.20. The number of hydrogen-bond acceptors (Lipinski definition) is 3. The summed E-state index contributed by atoms with van der Waals surface area (Å²) in [6.07, 6.45) is -0.0535. The van der Waals surface area contributed by atoms with Crippen molar-refractivity contribution < 1.29 is 13.9 Å². The fourth-order valence-electron chi connectivity index (χ4n) is 1.11. The summed E-state index contributed by atoms with van der Waals surface area (Å²) in [5.74, 6) is -1.08. The second kappa shape index (κ2) is 5.57. The molecule has 0 N–H and O–H groups in total. The maximum Gasteiger partial charge on any atom is 0.310 e. The Morgan fingerprint density at radius 3 is 2.69 bits per heavy atom. The number of carbonyl (C=O) groups is 1. The van der Waals surface area contributed by atoms with Crippen molar-refractivity contribution in [3.8, 4) is 0 Å². The molecule has 0 heterocycles. The molecule has 2 nitrogen and oxygen atoms in total. The Kier molecular flexibility index (Phi) is 4.65. The van der Waals surface area contributed by atoms with Gasteiger partial charge in [-0.1, -0.05) is 35.4 Å². The molecule has 0 atom stereocenters. The molecule has 86 valence electrons. The SMILES string of the molecule is COC(=O)Cc1cc(C(=S)Cl)c(F)cc1Cl. The average Bonchev–Trinajstić information content (AvgIpc) is 2.21. The molecular weight excluding hydrogens is 274 g/mol. The monoisotopic (exact) mass is 280 g/mol. The van der Waals surface area contributed by atoms with Crippen LogP contribution in [0.2, 0.25) is 5.02 Å². The van der Waals surface area contributed by atoms with Crippen LogP contribution in [-0.4, -0.2) is 17.4 Å². The second-order valence-corrected chi connectivity index (χ2v) is 4.37. The van der Waals surface area contributed by atoms with Gasteiger partial charge in [-0.05, 0) is 17.7 Å². The number of esters is 1. The Balaban J connectivity index is 3.14. The van der Waals surface area contributed by atoms with E-state index in [2.05, 4.69) is 17.0 Å². The molecule has 0 saturated carbocycles. The van der Waals surface area contributed by atoms with Gasteiger partial charge in [0.2, 0.25) is 0 Å². The van der Waals surface area contributed by atoms with Crippen molar-refractivity contribution in [3.63, 3.8) is 0 Å². The van der Waals surface area contributed by atoms with Gasteiger partial charge in [-0.2, -0.15) is 0 Å². The molecule has 0 fully saturated rings. The summed E-state index contributed by atoms with van der Waals surface area (Å²) in [7, 11) is 1.26. The summed E-state index contributed by atoms with van der Waals surface area (Å²) in [5.41, 5.74) is 0.480. The standard InChI is InChI=1S/C10H7Cl2FO2S/c1-15-9(14)3-5-2-6(10(12)16)8(13)4-7(5)11/h2,4H,3H2,1H3. The number of halogens is 3. The third-order valence-corrected chi connectivity index (χ3v) is 2.69. The number of carbonyl (C=O) groups excluding carboxylic acids is 1. The van der Waals surface area contributed by atoms with Gasteiger partial charge in [-0.25, -0.2) is 4.39 Å². The molecule has 1 aromatic carbocycles. The lowest BCUT2D eigenvalue weighted by Gasteiger charge is -2.06. The van der Waals surface area contributed by atoms with E-state index in [-0.39, 0.29) is 21.3 Å². The highest BCUT2D eigenvalue weighted by atomic mass is 35.5. The Morgan fingerprint density at radius 2 is 2.19 bits per heavy atom. The van der Waals surface area contributed by atoms with Gasteiger partial charge in [-0.15, -0.1) is 0 Å². The molecule has 0 aliphatic rings. The molecule has 0 aromatic heterocycles. The molecule has 0 bridgehead atoms. The highest BCUT2D eigenvalue weighted by Crippen LogP contribution is 2.23. The van der Waals surface area contributed by atoms with Gasteiger partial charge in [0.15, 0.2) is 0 Å². The molecule has 6 heteroatoms. The number of ether oxygens (including phenoxy) is 1. The molecule has 0 radical (unpaired) electrons. The molecule has 0 spiro atoms. The van der Waals surface area contributed by atoms with Crippen LogP contribution in [0.4, 0.5) is 4.39 Å². The Bertz CT molecular complexity index is 449. The predicted molar refractivity (Wildman–Crippen MR) is 64.7 cm³/mol. The molecule has 0 amide bonds. The first-order valence-corrected chi connectivity index (χ1v) is 5.36. The quantitative estimate of drug-likeness (QED) is 0.484. The lowest BCUT2D eigenvalue weighted by Crippen LogP contribution is -2.06. The van der Waals surface area contributed by atoms with E-state index in [1.54, 1.807) is 0 Å². The van der Waals surface area contributed by atoms with Gasteiger partial charge >= 0.3 is 5.97 Å². The van der Waals surface area contributed by atoms with Gasteiger partial charge in [0.25, 0.3) is 0 Å². The third-order valence-electron chi connectivity index (χ3n) is 1.91. The Labute approximate surface area is 107 Å². The minimum atomic E-state index is -0.612. The smallest absolute Gasteiger partial charge is 0.310 e. The zero-order valence-corrected chi connectivity index (χ0v) is 10.5. The molecule has 1 rings (SSSR count). The van der Waals surface area contributed by atoms with Crippen molar-refractivity contribution in [3.05, 3.63) is 34.1 Å². The largest absolute Gasteiger partial charge is 0.469 e. The maximum absolute atomic E-state index is 13.3. The van der Waals surface area contributed by atoms with Crippen molar-refractivity contribution in [1.82, 2.24) is 0 Å². The summed E-state index contributed by atoms with van der Waals surface area (Å²) in [6, 6.07) is 2.42. The zero-order valence-electron chi connectivity index (χ0n) is 8.22. The van der Waals surface area contributed by atoms with Crippen LogP contribution in [0, 0.1) is 5.82 Å². The van der Waals surface area contributed by atoms with E-state index < -0.39 is 11.8 Å². The van der Waals surface area contributed by atoms with Gasteiger partial charge < -0.3 is 4.74 Å². The molecule has 0 unspecified atom stereocenters. The lowest BCUT2D eigenvalue weighted by molar-refractivity contribution is -0.139. The van der Waals surface area contributed by atoms with E-state index in [4.69, 9.17) is 23.2 Å². The molecule has 16 heavy (non-hydrogen) atoms. The Morgan fingerprint density at radius 1 is 1.56 bits per heavy atom. The van der Waals surface area contributed by atoms with Gasteiger partial charge in [-0.3, -0.25) is 4.79 Å². The van der Waals surface area contributed by atoms with Crippen LogP contribution in [0.1, 0.15) is 11.1 Å². The van der Waals surface area contributed by atoms with Crippen LogP contribution in [0.5, 0.6) is 0 Å². The number of benzene rings is 1. The summed E-state index contributed by atoms with van der Waals surface area (Å²) < 4.78 is 17.7. The average molecular weight is 281 g/mol. The van der Waals surface area contributed by atoms with E-state index in [0.717, 1.165) is 6.07 Å². The van der Waals surface area contributed by atoms with Crippen molar-refractivity contribution in [2.24, 2.45) is 0 Å². The van der Waals surface area contributed by atoms with Crippen LogP contribution < -0.4 is 0 Å². The fraction of sp³-hybridized carbons (Fsp3) is 0.200. The van der Waals surface area contributed by atoms with Crippen molar-refractivity contribution in [1.29, 1.82) is 0 Å². The van der Waals surface area contributed by atoms with Crippen LogP contribution in [0.25, 0.3) is 0 Å². The molecular formula is C10H7Cl2FO2S. The minimum absolute atomic E-state index is 0.0535. The second-order valence-electron chi connectivity index (χ2n) is 2.95. The van der Waals surface area contributed by atoms with E-state index in [1.165, 1.54) is 13.2 Å². The van der Waals surface area contributed by atoms with Crippen LogP contribution in [0.3, 0.4) is 0 Å². The van der Waals surface area contributed by atoms with E-state index in [1.807, 2.05) is 0 Å². The zero-order chi connectivity index (χ0) is 12.3. The van der Waals surface area contributed by atoms with Gasteiger partial charge in [0.1, 0.15) is 10.1 Å². The van der Waals surface area contributed by atoms with Crippen LogP contribution in [0.15, 0.2) is 12.1 Å². The normalized spacial score (nSPS) is 10.0. The molecule has 0 saturated heterocycles. The van der Waals surface area contributed by atoms with Crippen molar-refractivity contribution >= 4 is 45.7 Å². The maximum atomic E-state index is 13.3. The van der Waals surface area contributed by atoms with E-state index in [9.17, 15) is 9.18 Å². The fourth-order valence-corrected chi connectivity index (χ4v) is 1.63. The third kappa shape index (κ3) is 3.14. The number of rotatable bonds is 3.